The third-order valence-electron chi connectivity index (χ3n) is 3.74. The molecule has 1 N–H and O–H groups in total. The molecule has 0 saturated heterocycles. The predicted octanol–water partition coefficient (Wildman–Crippen LogP) is 3.67. The van der Waals surface area contributed by atoms with Crippen LogP contribution in [0.2, 0.25) is 0 Å². The first kappa shape index (κ1) is 16.1. The Labute approximate surface area is 132 Å². The summed E-state index contributed by atoms with van der Waals surface area (Å²) in [6.07, 6.45) is 1.77. The van der Waals surface area contributed by atoms with E-state index in [0.717, 1.165) is 35.3 Å². The van der Waals surface area contributed by atoms with Gasteiger partial charge < -0.3 is 10.1 Å². The van der Waals surface area contributed by atoms with Crippen molar-refractivity contribution in [2.45, 2.75) is 26.7 Å². The summed E-state index contributed by atoms with van der Waals surface area (Å²) < 4.78 is 5.33. The first-order valence-corrected chi connectivity index (χ1v) is 7.59. The average Bonchev–Trinajstić information content (AvgIpc) is 2.54. The van der Waals surface area contributed by atoms with Crippen LogP contribution in [-0.2, 0) is 6.42 Å². The number of nitrogens with one attached hydrogen (secondary N) is 1. The topological polar surface area (TPSA) is 38.3 Å². The summed E-state index contributed by atoms with van der Waals surface area (Å²) in [6, 6.07) is 13.9. The highest BCUT2D eigenvalue weighted by molar-refractivity contribution is 5.95. The van der Waals surface area contributed by atoms with Crippen molar-refractivity contribution in [2.24, 2.45) is 0 Å². The number of aryl methyl sites for hydroxylation is 3. The van der Waals surface area contributed by atoms with Crippen LogP contribution in [0.25, 0.3) is 0 Å². The third-order valence-corrected chi connectivity index (χ3v) is 3.74. The molecule has 0 saturated carbocycles. The monoisotopic (exact) mass is 297 g/mol. The molecule has 2 rings (SSSR count). The first-order chi connectivity index (χ1) is 10.6. The zero-order valence-electron chi connectivity index (χ0n) is 13.5. The molecule has 3 heteroatoms. The van der Waals surface area contributed by atoms with Crippen LogP contribution in [0.5, 0.6) is 5.75 Å². The quantitative estimate of drug-likeness (QED) is 0.826. The summed E-state index contributed by atoms with van der Waals surface area (Å²) in [5, 5.41) is 2.99. The van der Waals surface area contributed by atoms with Gasteiger partial charge in [0, 0.05) is 12.1 Å². The third kappa shape index (κ3) is 4.10. The number of para-hydroxylation sites is 1. The highest BCUT2D eigenvalue weighted by Crippen LogP contribution is 2.18. The lowest BCUT2D eigenvalue weighted by Crippen LogP contribution is -2.25. The van der Waals surface area contributed by atoms with Gasteiger partial charge in [0.25, 0.3) is 5.91 Å². The molecule has 0 heterocycles. The van der Waals surface area contributed by atoms with E-state index in [1.54, 1.807) is 7.11 Å². The molecule has 2 aromatic carbocycles. The van der Waals surface area contributed by atoms with Gasteiger partial charge in [-0.25, -0.2) is 0 Å². The van der Waals surface area contributed by atoms with E-state index in [2.05, 4.69) is 11.4 Å². The van der Waals surface area contributed by atoms with E-state index in [4.69, 9.17) is 4.74 Å². The van der Waals surface area contributed by atoms with Crippen LogP contribution in [0, 0.1) is 13.8 Å². The van der Waals surface area contributed by atoms with Crippen LogP contribution < -0.4 is 10.1 Å². The van der Waals surface area contributed by atoms with E-state index in [1.165, 1.54) is 5.56 Å². The maximum atomic E-state index is 12.2. The van der Waals surface area contributed by atoms with Gasteiger partial charge in [-0.3, -0.25) is 4.79 Å². The van der Waals surface area contributed by atoms with Gasteiger partial charge in [-0.05, 0) is 49.9 Å². The number of hydrogen-bond acceptors (Lipinski definition) is 2. The van der Waals surface area contributed by atoms with Crippen molar-refractivity contribution in [3.63, 3.8) is 0 Å². The van der Waals surface area contributed by atoms with Gasteiger partial charge in [0.1, 0.15) is 5.75 Å². The predicted molar refractivity (Wildman–Crippen MR) is 89.6 cm³/mol. The number of benzene rings is 2. The van der Waals surface area contributed by atoms with Crippen molar-refractivity contribution in [3.05, 3.63) is 64.7 Å². The Kier molecular flexibility index (Phi) is 5.59. The Hall–Kier alpha value is -2.29. The lowest BCUT2D eigenvalue weighted by Gasteiger charge is -2.10. The number of amides is 1. The number of carbonyl (C=O) groups is 1. The normalized spacial score (nSPS) is 10.3. The van der Waals surface area contributed by atoms with Gasteiger partial charge >= 0.3 is 0 Å². The fourth-order valence-corrected chi connectivity index (χ4v) is 2.47. The number of ether oxygens (including phenoxy) is 1. The van der Waals surface area contributed by atoms with Crippen LogP contribution >= 0.6 is 0 Å². The van der Waals surface area contributed by atoms with Crippen LogP contribution in [-0.4, -0.2) is 19.6 Å². The Morgan fingerprint density at radius 1 is 1.14 bits per heavy atom. The van der Waals surface area contributed by atoms with Crippen molar-refractivity contribution in [3.8, 4) is 5.75 Å². The standard InChI is InChI=1S/C19H23NO2/c1-14-10-11-15(2)17(13-14)19(21)20-12-6-8-16-7-4-5-9-18(16)22-3/h4-5,7,9-11,13H,6,8,12H2,1-3H3,(H,20,21). The molecule has 0 spiro atoms. The summed E-state index contributed by atoms with van der Waals surface area (Å²) >= 11 is 0. The molecule has 116 valence electrons. The largest absolute Gasteiger partial charge is 0.496 e. The van der Waals surface area contributed by atoms with Crippen LogP contribution in [0.1, 0.15) is 33.5 Å². The smallest absolute Gasteiger partial charge is 0.251 e. The minimum atomic E-state index is 0.00114. The molecule has 0 aliphatic heterocycles. The van der Waals surface area contributed by atoms with Crippen molar-refractivity contribution >= 4 is 5.91 Å². The Balaban J connectivity index is 1.86. The lowest BCUT2D eigenvalue weighted by molar-refractivity contribution is 0.0952. The number of methoxy groups -OCH3 is 1. The molecule has 0 bridgehead atoms. The molecule has 22 heavy (non-hydrogen) atoms. The molecular weight excluding hydrogens is 274 g/mol. The van der Waals surface area contributed by atoms with Gasteiger partial charge in [0.15, 0.2) is 0 Å². The average molecular weight is 297 g/mol. The maximum absolute atomic E-state index is 12.2. The zero-order valence-corrected chi connectivity index (χ0v) is 13.5. The van der Waals surface area contributed by atoms with E-state index < -0.39 is 0 Å². The van der Waals surface area contributed by atoms with E-state index in [0.29, 0.717) is 6.54 Å². The molecule has 0 aliphatic rings. The summed E-state index contributed by atoms with van der Waals surface area (Å²) in [5.74, 6) is 0.907. The Morgan fingerprint density at radius 2 is 1.91 bits per heavy atom. The van der Waals surface area contributed by atoms with Crippen LogP contribution in [0.4, 0.5) is 0 Å². The van der Waals surface area contributed by atoms with Crippen molar-refractivity contribution in [2.75, 3.05) is 13.7 Å². The van der Waals surface area contributed by atoms with E-state index in [1.807, 2.05) is 50.2 Å². The number of rotatable bonds is 6. The molecule has 1 amide bonds. The number of hydrogen-bond donors (Lipinski definition) is 1. The van der Waals surface area contributed by atoms with Gasteiger partial charge in [0.05, 0.1) is 7.11 Å². The SMILES string of the molecule is COc1ccccc1CCCNC(=O)c1cc(C)ccc1C. The molecule has 0 unspecified atom stereocenters. The highest BCUT2D eigenvalue weighted by atomic mass is 16.5. The van der Waals surface area contributed by atoms with Crippen LogP contribution in [0.3, 0.4) is 0 Å². The number of carbonyl (C=O) groups excluding carboxylic acids is 1. The summed E-state index contributed by atoms with van der Waals surface area (Å²) in [7, 11) is 1.68. The van der Waals surface area contributed by atoms with Crippen molar-refractivity contribution in [1.82, 2.24) is 5.32 Å². The second-order valence-corrected chi connectivity index (χ2v) is 5.49. The molecule has 0 aliphatic carbocycles. The van der Waals surface area contributed by atoms with E-state index in [9.17, 15) is 4.79 Å². The van der Waals surface area contributed by atoms with Gasteiger partial charge in [-0.1, -0.05) is 35.9 Å². The van der Waals surface area contributed by atoms with Gasteiger partial charge in [-0.2, -0.15) is 0 Å². The molecule has 2 aromatic rings. The minimum absolute atomic E-state index is 0.00114. The molecule has 0 fully saturated rings. The van der Waals surface area contributed by atoms with Crippen molar-refractivity contribution < 1.29 is 9.53 Å². The van der Waals surface area contributed by atoms with Crippen LogP contribution in [0.15, 0.2) is 42.5 Å². The lowest BCUT2D eigenvalue weighted by atomic mass is 10.0. The summed E-state index contributed by atoms with van der Waals surface area (Å²) in [5.41, 5.74) is 4.04. The fourth-order valence-electron chi connectivity index (χ4n) is 2.47. The Morgan fingerprint density at radius 3 is 2.68 bits per heavy atom. The first-order valence-electron chi connectivity index (χ1n) is 7.59. The summed E-state index contributed by atoms with van der Waals surface area (Å²) in [6.45, 7) is 4.62. The second-order valence-electron chi connectivity index (χ2n) is 5.49. The molecular formula is C19H23NO2. The van der Waals surface area contributed by atoms with E-state index in [-0.39, 0.29) is 5.91 Å². The fraction of sp³-hybridized carbons (Fsp3) is 0.316. The van der Waals surface area contributed by atoms with Gasteiger partial charge in [-0.15, -0.1) is 0 Å². The van der Waals surface area contributed by atoms with E-state index >= 15 is 0 Å². The molecule has 0 atom stereocenters. The molecule has 0 radical (unpaired) electrons. The molecule has 0 aromatic heterocycles. The summed E-state index contributed by atoms with van der Waals surface area (Å²) in [4.78, 5) is 12.2. The van der Waals surface area contributed by atoms with Crippen molar-refractivity contribution in [1.29, 1.82) is 0 Å². The zero-order chi connectivity index (χ0) is 15.9. The maximum Gasteiger partial charge on any atom is 0.251 e. The second kappa shape index (κ2) is 7.64. The Bertz CT molecular complexity index is 650. The van der Waals surface area contributed by atoms with Gasteiger partial charge in [0.2, 0.25) is 0 Å². The molecule has 3 nitrogen and oxygen atoms in total. The minimum Gasteiger partial charge on any atom is -0.496 e. The highest BCUT2D eigenvalue weighted by Gasteiger charge is 2.08.